The summed E-state index contributed by atoms with van der Waals surface area (Å²) in [5, 5.41) is 4.51. The van der Waals surface area contributed by atoms with Gasteiger partial charge in [0.25, 0.3) is 0 Å². The summed E-state index contributed by atoms with van der Waals surface area (Å²) < 4.78 is 4.74. The molecule has 5 nitrogen and oxygen atoms in total. The van der Waals surface area contributed by atoms with Crippen LogP contribution >= 0.6 is 0 Å². The molecule has 2 unspecified atom stereocenters. The van der Waals surface area contributed by atoms with E-state index in [-0.39, 0.29) is 66.7 Å². The zero-order chi connectivity index (χ0) is 44.5. The molecule has 8 aromatic rings. The molecule has 2 atom stereocenters. The SMILES string of the molecule is [B]C1=C([B])C([B])C([B])C(c2nc(C=Cn3c4ccccc4c4ccc5c6ccccc6n(C6=C7C(=CCC6)c6ccccc6C7(C)C)c5c43)nc(-c3c([B])c([B])c([B])c([B])c3[B])n2)=C1. The van der Waals surface area contributed by atoms with Crippen molar-refractivity contribution >= 4 is 171 Å². The van der Waals surface area contributed by atoms with Crippen LogP contribution in [0, 0.1) is 0 Å². The molecule has 0 saturated carbocycles. The van der Waals surface area contributed by atoms with Crippen molar-refractivity contribution in [1.29, 1.82) is 0 Å². The third-order valence-electron chi connectivity index (χ3n) is 13.5. The van der Waals surface area contributed by atoms with Gasteiger partial charge in [0, 0.05) is 44.4 Å². The maximum absolute atomic E-state index is 6.68. The van der Waals surface area contributed by atoms with E-state index in [2.05, 4.69) is 108 Å². The fraction of sp³-hybridized carbons (Fsp3) is 0.140. The molecule has 282 valence electrons. The summed E-state index contributed by atoms with van der Waals surface area (Å²) in [5.41, 5.74) is 12.2. The molecule has 0 amide bonds. The van der Waals surface area contributed by atoms with Gasteiger partial charge >= 0.3 is 0 Å². The van der Waals surface area contributed by atoms with Crippen LogP contribution in [0.2, 0.25) is 11.6 Å². The summed E-state index contributed by atoms with van der Waals surface area (Å²) in [6.45, 7) is 4.71. The second-order valence-corrected chi connectivity index (χ2v) is 17.4. The van der Waals surface area contributed by atoms with Crippen LogP contribution in [-0.2, 0) is 5.41 Å². The van der Waals surface area contributed by atoms with Crippen molar-refractivity contribution in [2.75, 3.05) is 0 Å². The van der Waals surface area contributed by atoms with Crippen LogP contribution in [0.15, 0.2) is 114 Å². The maximum Gasteiger partial charge on any atom is 0.162 e. The van der Waals surface area contributed by atoms with E-state index in [1.165, 1.54) is 33.4 Å². The molecule has 0 bridgehead atoms. The largest absolute Gasteiger partial charge is 0.314 e. The molecule has 5 aromatic carbocycles. The molecule has 3 aromatic heterocycles. The van der Waals surface area contributed by atoms with Gasteiger partial charge in [0.1, 0.15) is 54.9 Å². The van der Waals surface area contributed by atoms with Crippen molar-refractivity contribution in [2.24, 2.45) is 0 Å². The summed E-state index contributed by atoms with van der Waals surface area (Å²) in [5.74, 6) is -1.05. The number of para-hydroxylation sites is 2. The number of rotatable bonds is 5. The lowest BCUT2D eigenvalue weighted by molar-refractivity contribution is 0.653. The summed E-state index contributed by atoms with van der Waals surface area (Å²) in [7, 11) is 57.8. The third kappa shape index (κ3) is 5.79. The summed E-state index contributed by atoms with van der Waals surface area (Å²) in [6, 6.07) is 30.4. The Balaban J connectivity index is 1.20. The molecule has 3 aliphatic rings. The highest BCUT2D eigenvalue weighted by molar-refractivity contribution is 6.68. The highest BCUT2D eigenvalue weighted by Gasteiger charge is 2.42. The Morgan fingerprint density at radius 3 is 1.98 bits per heavy atom. The van der Waals surface area contributed by atoms with E-state index in [0.29, 0.717) is 5.57 Å². The quantitative estimate of drug-likeness (QED) is 0.240. The fourth-order valence-electron chi connectivity index (χ4n) is 10.3. The van der Waals surface area contributed by atoms with Crippen LogP contribution in [0.1, 0.15) is 49.5 Å². The molecule has 0 saturated heterocycles. The molecule has 11 rings (SSSR count). The van der Waals surface area contributed by atoms with Crippen molar-refractivity contribution < 1.29 is 0 Å². The van der Waals surface area contributed by atoms with E-state index < -0.39 is 11.6 Å². The normalized spacial score (nSPS) is 18.4. The van der Waals surface area contributed by atoms with Crippen LogP contribution < -0.4 is 27.3 Å². The predicted molar refractivity (Wildman–Crippen MR) is 275 cm³/mol. The summed E-state index contributed by atoms with van der Waals surface area (Å²) in [6.07, 6.45) is 9.67. The van der Waals surface area contributed by atoms with E-state index >= 15 is 0 Å². The number of hydrogen-bond acceptors (Lipinski definition) is 3. The number of allylic oxidation sites excluding steroid dienone is 8. The van der Waals surface area contributed by atoms with Crippen LogP contribution in [-0.4, -0.2) is 94.7 Å². The first-order valence-electron chi connectivity index (χ1n) is 21.2. The van der Waals surface area contributed by atoms with Crippen molar-refractivity contribution in [2.45, 2.75) is 43.7 Å². The fourth-order valence-corrected chi connectivity index (χ4v) is 10.3. The molecule has 3 aliphatic carbocycles. The monoisotopic (exact) mass is 799 g/mol. The Bertz CT molecular complexity index is 3520. The molecule has 0 N–H and O–H groups in total. The first-order chi connectivity index (χ1) is 30.8. The number of fused-ring (bicyclic) bond motifs is 10. The van der Waals surface area contributed by atoms with Crippen molar-refractivity contribution in [3.63, 3.8) is 0 Å². The number of aromatic nitrogens is 5. The first kappa shape index (κ1) is 40.7. The predicted octanol–water partition coefficient (Wildman–Crippen LogP) is 4.59. The van der Waals surface area contributed by atoms with Crippen LogP contribution in [0.5, 0.6) is 0 Å². The van der Waals surface area contributed by atoms with E-state index in [4.69, 9.17) is 85.6 Å². The standard InChI is InChI=1S/C50H30B9N5/c1-50(2)30-14-6-3-10-23(30)26-13-9-17-34(37(26)50)64-33-16-8-5-12-25(33)28-19-18-27-24-11-4-7-15-32(24)63(46(27)47(28)64)21-20-35-60-48(29-22-31(51)39(53)42(56)38(29)52)62-49(61-35)36-40(54)43(57)45(59)44(58)41(36)55/h3-8,10-16,18-22,38,42H,9,17H2,1-2H3. The topological polar surface area (TPSA) is 48.5 Å². The van der Waals surface area contributed by atoms with Gasteiger partial charge in [-0.25, -0.2) is 15.0 Å². The minimum Gasteiger partial charge on any atom is -0.314 e. The van der Waals surface area contributed by atoms with Gasteiger partial charge in [0.15, 0.2) is 17.5 Å². The third-order valence-corrected chi connectivity index (χ3v) is 13.5. The molecule has 0 spiro atoms. The molecule has 64 heavy (non-hydrogen) atoms. The zero-order valence-electron chi connectivity index (χ0n) is 35.4. The molecular formula is C50H30B9N5. The molecular weight excluding hydrogens is 768 g/mol. The summed E-state index contributed by atoms with van der Waals surface area (Å²) in [4.78, 5) is 14.7. The average Bonchev–Trinajstić information content (AvgIpc) is 3.90. The Kier molecular flexibility index (Phi) is 9.40. The highest BCUT2D eigenvalue weighted by atomic mass is 15.1. The smallest absolute Gasteiger partial charge is 0.162 e. The Hall–Kier alpha value is -6.01. The van der Waals surface area contributed by atoms with Crippen molar-refractivity contribution in [1.82, 2.24) is 24.1 Å². The van der Waals surface area contributed by atoms with Gasteiger partial charge < -0.3 is 9.13 Å². The molecule has 3 heterocycles. The van der Waals surface area contributed by atoms with Gasteiger partial charge in [0.2, 0.25) is 0 Å². The number of benzene rings is 5. The first-order valence-corrected chi connectivity index (χ1v) is 21.2. The van der Waals surface area contributed by atoms with Gasteiger partial charge in [0.05, 0.1) is 37.8 Å². The summed E-state index contributed by atoms with van der Waals surface area (Å²) >= 11 is 0. The second-order valence-electron chi connectivity index (χ2n) is 17.4. The Morgan fingerprint density at radius 1 is 0.641 bits per heavy atom. The minimum atomic E-state index is -0.800. The average molecular weight is 798 g/mol. The molecule has 14 heteroatoms. The van der Waals surface area contributed by atoms with Gasteiger partial charge in [-0.3, -0.25) is 0 Å². The highest BCUT2D eigenvalue weighted by Crippen LogP contribution is 2.55. The Labute approximate surface area is 384 Å². The number of nitrogens with zero attached hydrogens (tertiary/aromatic N) is 5. The lowest BCUT2D eigenvalue weighted by atomic mass is 9.52. The van der Waals surface area contributed by atoms with Crippen LogP contribution in [0.3, 0.4) is 0 Å². The molecule has 18 radical (unpaired) electrons. The van der Waals surface area contributed by atoms with E-state index in [9.17, 15) is 0 Å². The maximum atomic E-state index is 6.68. The molecule has 0 fully saturated rings. The van der Waals surface area contributed by atoms with Gasteiger partial charge in [-0.05, 0) is 58.9 Å². The van der Waals surface area contributed by atoms with E-state index in [1.54, 1.807) is 6.08 Å². The Morgan fingerprint density at radius 2 is 1.25 bits per heavy atom. The number of hydrogen-bond donors (Lipinski definition) is 0. The van der Waals surface area contributed by atoms with Crippen molar-refractivity contribution in [3.05, 3.63) is 136 Å². The van der Waals surface area contributed by atoms with Gasteiger partial charge in [-0.2, -0.15) is 0 Å². The zero-order valence-corrected chi connectivity index (χ0v) is 35.4. The van der Waals surface area contributed by atoms with Crippen LogP contribution in [0.4, 0.5) is 0 Å². The van der Waals surface area contributed by atoms with Gasteiger partial charge in [-0.15, -0.1) is 27.3 Å². The lowest BCUT2D eigenvalue weighted by Gasteiger charge is -2.30. The van der Waals surface area contributed by atoms with Crippen LogP contribution in [0.25, 0.3) is 84.1 Å². The van der Waals surface area contributed by atoms with Crippen molar-refractivity contribution in [3.8, 4) is 11.4 Å². The second kappa shape index (κ2) is 14.8. The van der Waals surface area contributed by atoms with E-state index in [1.807, 2.05) is 18.3 Å². The van der Waals surface area contributed by atoms with E-state index in [0.717, 1.165) is 51.1 Å². The van der Waals surface area contributed by atoms with Gasteiger partial charge in [-0.1, -0.05) is 121 Å². The molecule has 0 aliphatic heterocycles. The minimum absolute atomic E-state index is 0.0579. The lowest BCUT2D eigenvalue weighted by Crippen LogP contribution is -2.55.